The number of nitrogens with zero attached hydrogens (tertiary/aromatic N) is 3. The van der Waals surface area contributed by atoms with E-state index in [2.05, 4.69) is 20.7 Å². The molecule has 0 bridgehead atoms. The van der Waals surface area contributed by atoms with Gasteiger partial charge in [-0.25, -0.2) is 4.39 Å². The first-order chi connectivity index (χ1) is 11.3. The van der Waals surface area contributed by atoms with E-state index in [9.17, 15) is 17.6 Å². The smallest absolute Gasteiger partial charge is 0.352 e. The Labute approximate surface area is 136 Å². The molecule has 0 atom stereocenters. The van der Waals surface area contributed by atoms with Gasteiger partial charge in [-0.2, -0.15) is 18.3 Å². The number of guanidine groups is 1. The van der Waals surface area contributed by atoms with E-state index >= 15 is 0 Å². The van der Waals surface area contributed by atoms with Gasteiger partial charge in [0.05, 0.1) is 11.8 Å². The number of benzene rings is 1. The van der Waals surface area contributed by atoms with E-state index < -0.39 is 17.6 Å². The maximum atomic E-state index is 13.1. The maximum Gasteiger partial charge on any atom is 0.416 e. The number of hydrogen-bond acceptors (Lipinski definition) is 2. The Hall–Kier alpha value is -2.58. The van der Waals surface area contributed by atoms with Gasteiger partial charge in [0.2, 0.25) is 0 Å². The van der Waals surface area contributed by atoms with Crippen molar-refractivity contribution in [1.82, 2.24) is 20.4 Å². The average molecular weight is 343 g/mol. The largest absolute Gasteiger partial charge is 0.416 e. The molecule has 0 radical (unpaired) electrons. The van der Waals surface area contributed by atoms with Crippen molar-refractivity contribution >= 4 is 5.96 Å². The van der Waals surface area contributed by atoms with E-state index in [1.165, 1.54) is 7.05 Å². The summed E-state index contributed by atoms with van der Waals surface area (Å²) in [4.78, 5) is 3.95. The van der Waals surface area contributed by atoms with Crippen LogP contribution >= 0.6 is 0 Å². The van der Waals surface area contributed by atoms with Gasteiger partial charge in [-0.15, -0.1) is 0 Å². The van der Waals surface area contributed by atoms with Crippen LogP contribution in [-0.4, -0.2) is 22.8 Å². The fourth-order valence-electron chi connectivity index (χ4n) is 2.12. The number of aliphatic imine (C=N–C) groups is 1. The van der Waals surface area contributed by atoms with Crippen molar-refractivity contribution < 1.29 is 17.6 Å². The second-order valence-electron chi connectivity index (χ2n) is 5.10. The number of rotatable bonds is 4. The molecule has 0 spiro atoms. The van der Waals surface area contributed by atoms with Crippen molar-refractivity contribution in [3.05, 3.63) is 53.1 Å². The van der Waals surface area contributed by atoms with Crippen LogP contribution in [0.2, 0.25) is 0 Å². The van der Waals surface area contributed by atoms with Gasteiger partial charge in [-0.1, -0.05) is 6.07 Å². The standard InChI is InChI=1S/C15H17F4N5/c1-20-14(21-6-10-7-23-24(2)9-10)22-8-11-3-4-12(16)5-13(11)15(17,18)19/h3-5,7,9H,6,8H2,1-2H3,(H2,20,21,22). The number of aromatic nitrogens is 2. The number of hydrogen-bond donors (Lipinski definition) is 2. The highest BCUT2D eigenvalue weighted by Gasteiger charge is 2.33. The Morgan fingerprint density at radius 3 is 2.54 bits per heavy atom. The van der Waals surface area contributed by atoms with Gasteiger partial charge in [0, 0.05) is 38.9 Å². The van der Waals surface area contributed by atoms with E-state index in [1.54, 1.807) is 17.9 Å². The molecule has 5 nitrogen and oxygen atoms in total. The van der Waals surface area contributed by atoms with Crippen molar-refractivity contribution in [2.45, 2.75) is 19.3 Å². The van der Waals surface area contributed by atoms with Crippen LogP contribution in [0.4, 0.5) is 17.6 Å². The lowest BCUT2D eigenvalue weighted by Gasteiger charge is -2.15. The first kappa shape index (κ1) is 17.8. The fraction of sp³-hybridized carbons (Fsp3) is 0.333. The zero-order valence-electron chi connectivity index (χ0n) is 13.2. The van der Waals surface area contributed by atoms with E-state index in [-0.39, 0.29) is 12.1 Å². The highest BCUT2D eigenvalue weighted by atomic mass is 19.4. The molecule has 0 aliphatic carbocycles. The lowest BCUT2D eigenvalue weighted by atomic mass is 10.1. The summed E-state index contributed by atoms with van der Waals surface area (Å²) in [5.41, 5.74) is -0.163. The van der Waals surface area contributed by atoms with Crippen molar-refractivity contribution in [3.63, 3.8) is 0 Å². The summed E-state index contributed by atoms with van der Waals surface area (Å²) >= 11 is 0. The average Bonchev–Trinajstić information content (AvgIpc) is 2.93. The van der Waals surface area contributed by atoms with Crippen LogP contribution in [0.15, 0.2) is 35.6 Å². The van der Waals surface area contributed by atoms with Crippen molar-refractivity contribution in [2.24, 2.45) is 12.0 Å². The molecular formula is C15H17F4N5. The second kappa shape index (κ2) is 7.33. The van der Waals surface area contributed by atoms with E-state index in [0.29, 0.717) is 18.6 Å². The van der Waals surface area contributed by atoms with Crippen LogP contribution in [0, 0.1) is 5.82 Å². The van der Waals surface area contributed by atoms with Crippen LogP contribution in [0.1, 0.15) is 16.7 Å². The summed E-state index contributed by atoms with van der Waals surface area (Å²) in [6.45, 7) is 0.283. The molecule has 0 amide bonds. The summed E-state index contributed by atoms with van der Waals surface area (Å²) in [6, 6.07) is 2.60. The molecule has 2 N–H and O–H groups in total. The molecule has 1 heterocycles. The zero-order chi connectivity index (χ0) is 17.7. The predicted molar refractivity (Wildman–Crippen MR) is 81.6 cm³/mol. The van der Waals surface area contributed by atoms with Crippen LogP contribution in [-0.2, 0) is 26.3 Å². The monoisotopic (exact) mass is 343 g/mol. The Morgan fingerprint density at radius 1 is 1.25 bits per heavy atom. The number of nitrogens with one attached hydrogen (secondary N) is 2. The van der Waals surface area contributed by atoms with Crippen LogP contribution in [0.5, 0.6) is 0 Å². The summed E-state index contributed by atoms with van der Waals surface area (Å²) in [6.07, 6.45) is -1.14. The third kappa shape index (κ3) is 4.71. The van der Waals surface area contributed by atoms with Gasteiger partial charge in [-0.05, 0) is 17.7 Å². The quantitative estimate of drug-likeness (QED) is 0.509. The van der Waals surface area contributed by atoms with E-state index in [0.717, 1.165) is 17.7 Å². The van der Waals surface area contributed by atoms with Gasteiger partial charge in [-0.3, -0.25) is 9.67 Å². The summed E-state index contributed by atoms with van der Waals surface area (Å²) < 4.78 is 53.6. The molecule has 1 aromatic heterocycles. The van der Waals surface area contributed by atoms with Crippen LogP contribution < -0.4 is 10.6 Å². The molecule has 0 saturated heterocycles. The summed E-state index contributed by atoms with van der Waals surface area (Å²) in [7, 11) is 3.29. The molecule has 0 aliphatic heterocycles. The molecule has 24 heavy (non-hydrogen) atoms. The first-order valence-electron chi connectivity index (χ1n) is 7.07. The third-order valence-electron chi connectivity index (χ3n) is 3.27. The fourth-order valence-corrected chi connectivity index (χ4v) is 2.12. The Kier molecular flexibility index (Phi) is 5.42. The van der Waals surface area contributed by atoms with Gasteiger partial charge in [0.15, 0.2) is 5.96 Å². The highest BCUT2D eigenvalue weighted by molar-refractivity contribution is 5.79. The third-order valence-corrected chi connectivity index (χ3v) is 3.27. The number of halogens is 4. The number of aryl methyl sites for hydroxylation is 1. The molecule has 0 saturated carbocycles. The normalized spacial score (nSPS) is 12.3. The molecule has 0 fully saturated rings. The minimum atomic E-state index is -4.62. The van der Waals surface area contributed by atoms with Gasteiger partial charge < -0.3 is 10.6 Å². The molecule has 9 heteroatoms. The minimum Gasteiger partial charge on any atom is -0.352 e. The SMILES string of the molecule is CN=C(NCc1cnn(C)c1)NCc1ccc(F)cc1C(F)(F)F. The van der Waals surface area contributed by atoms with Crippen molar-refractivity contribution in [2.75, 3.05) is 7.05 Å². The highest BCUT2D eigenvalue weighted by Crippen LogP contribution is 2.32. The van der Waals surface area contributed by atoms with Gasteiger partial charge in [0.1, 0.15) is 5.82 Å². The van der Waals surface area contributed by atoms with Gasteiger partial charge >= 0.3 is 6.18 Å². The second-order valence-corrected chi connectivity index (χ2v) is 5.10. The molecule has 2 rings (SSSR count). The zero-order valence-corrected chi connectivity index (χ0v) is 13.2. The maximum absolute atomic E-state index is 13.1. The van der Waals surface area contributed by atoms with Gasteiger partial charge in [0.25, 0.3) is 0 Å². The Morgan fingerprint density at radius 2 is 1.96 bits per heavy atom. The minimum absolute atomic E-state index is 0.0618. The van der Waals surface area contributed by atoms with Crippen molar-refractivity contribution in [3.8, 4) is 0 Å². The Bertz CT molecular complexity index is 721. The first-order valence-corrected chi connectivity index (χ1v) is 7.07. The molecule has 2 aromatic rings. The molecule has 0 unspecified atom stereocenters. The van der Waals surface area contributed by atoms with Crippen LogP contribution in [0.25, 0.3) is 0 Å². The molecule has 130 valence electrons. The van der Waals surface area contributed by atoms with E-state index in [1.807, 2.05) is 6.20 Å². The lowest BCUT2D eigenvalue weighted by molar-refractivity contribution is -0.138. The predicted octanol–water partition coefficient (Wildman–Crippen LogP) is 2.44. The topological polar surface area (TPSA) is 54.2 Å². The summed E-state index contributed by atoms with van der Waals surface area (Å²) in [5.74, 6) is -0.596. The van der Waals surface area contributed by atoms with Crippen LogP contribution in [0.3, 0.4) is 0 Å². The number of alkyl halides is 3. The van der Waals surface area contributed by atoms with E-state index in [4.69, 9.17) is 0 Å². The lowest BCUT2D eigenvalue weighted by Crippen LogP contribution is -2.36. The molecular weight excluding hydrogens is 326 g/mol. The van der Waals surface area contributed by atoms with Crippen molar-refractivity contribution in [1.29, 1.82) is 0 Å². The Balaban J connectivity index is 2.01. The molecule has 0 aliphatic rings. The molecule has 1 aromatic carbocycles. The summed E-state index contributed by atoms with van der Waals surface area (Å²) in [5, 5.41) is 9.77.